The van der Waals surface area contributed by atoms with Crippen LogP contribution >= 0.6 is 0 Å². The lowest BCUT2D eigenvalue weighted by Gasteiger charge is -2.07. The van der Waals surface area contributed by atoms with Crippen LogP contribution in [0.1, 0.15) is 232 Å². The average Bonchev–Trinajstić information content (AvgIpc) is 3.40. The van der Waals surface area contributed by atoms with Crippen molar-refractivity contribution in [2.24, 2.45) is 0 Å². The molecule has 0 spiro atoms. The molecule has 1 aromatic heterocycles. The van der Waals surface area contributed by atoms with Crippen molar-refractivity contribution in [1.82, 2.24) is 4.57 Å². The first-order valence-corrected chi connectivity index (χ1v) is 20.4. The summed E-state index contributed by atoms with van der Waals surface area (Å²) in [5, 5.41) is 0. The van der Waals surface area contributed by atoms with Gasteiger partial charge in [0.1, 0.15) is 12.4 Å². The molecule has 0 atom stereocenters. The van der Waals surface area contributed by atoms with Crippen molar-refractivity contribution in [2.75, 3.05) is 0 Å². The van der Waals surface area contributed by atoms with E-state index in [0.717, 1.165) is 0 Å². The number of hydrogen-bond donors (Lipinski definition) is 0. The van der Waals surface area contributed by atoms with Gasteiger partial charge < -0.3 is 0 Å². The normalized spacial score (nSPS) is 11.6. The lowest BCUT2D eigenvalue weighted by Crippen LogP contribution is -2.37. The third-order valence-corrected chi connectivity index (χ3v) is 9.85. The predicted octanol–water partition coefficient (Wildman–Crippen LogP) is 13.9. The van der Waals surface area contributed by atoms with Gasteiger partial charge >= 0.3 is 0 Å². The second-order valence-electron chi connectivity index (χ2n) is 14.1. The van der Waals surface area contributed by atoms with Crippen molar-refractivity contribution in [3.05, 3.63) is 18.2 Å². The maximum Gasteiger partial charge on any atom is 0.256 e. The molecule has 0 aliphatic heterocycles. The maximum atomic E-state index is 2.63. The van der Waals surface area contributed by atoms with E-state index in [1.54, 1.807) is 5.82 Å². The zero-order valence-electron chi connectivity index (χ0n) is 30.3. The summed E-state index contributed by atoms with van der Waals surface area (Å²) in [5.41, 5.74) is 0. The average molecular weight is 602 g/mol. The minimum absolute atomic E-state index is 1.23. The van der Waals surface area contributed by atoms with Crippen molar-refractivity contribution in [2.45, 2.75) is 246 Å². The van der Waals surface area contributed by atoms with E-state index in [9.17, 15) is 0 Å². The van der Waals surface area contributed by atoms with Gasteiger partial charge in [-0.2, -0.15) is 0 Å². The summed E-state index contributed by atoms with van der Waals surface area (Å²) in [5.74, 6) is 1.62. The Labute approximate surface area is 272 Å². The Balaban J connectivity index is 2.16. The van der Waals surface area contributed by atoms with Crippen LogP contribution in [0.4, 0.5) is 0 Å². The van der Waals surface area contributed by atoms with Gasteiger partial charge in [-0.1, -0.05) is 194 Å². The van der Waals surface area contributed by atoms with Crippen LogP contribution < -0.4 is 4.57 Å². The van der Waals surface area contributed by atoms with Gasteiger partial charge in [-0.25, -0.2) is 9.13 Å². The number of nitrogens with zero attached hydrogens (tertiary/aromatic N) is 2. The SMILES string of the molecule is CCCCCCCCCCCCCCCCCCCn1cc[n+](CCCCCCC)c1CCCCCCCCCCCC. The first kappa shape index (κ1) is 40.2. The van der Waals surface area contributed by atoms with Gasteiger partial charge in [0, 0.05) is 6.42 Å². The van der Waals surface area contributed by atoms with Crippen LogP contribution in [0.5, 0.6) is 0 Å². The van der Waals surface area contributed by atoms with Gasteiger partial charge in [-0.3, -0.25) is 0 Å². The molecule has 254 valence electrons. The fourth-order valence-electron chi connectivity index (χ4n) is 6.86. The maximum absolute atomic E-state index is 2.63. The van der Waals surface area contributed by atoms with Gasteiger partial charge in [0.05, 0.1) is 13.1 Å². The van der Waals surface area contributed by atoms with Crippen LogP contribution in [0.3, 0.4) is 0 Å². The van der Waals surface area contributed by atoms with Gasteiger partial charge in [0.15, 0.2) is 0 Å². The number of hydrogen-bond acceptors (Lipinski definition) is 0. The second-order valence-corrected chi connectivity index (χ2v) is 14.1. The van der Waals surface area contributed by atoms with Crippen molar-refractivity contribution in [3.8, 4) is 0 Å². The van der Waals surface area contributed by atoms with Crippen LogP contribution in [-0.4, -0.2) is 4.57 Å². The van der Waals surface area contributed by atoms with E-state index < -0.39 is 0 Å². The van der Waals surface area contributed by atoms with Gasteiger partial charge in [0.25, 0.3) is 5.82 Å². The zero-order chi connectivity index (χ0) is 30.9. The van der Waals surface area contributed by atoms with E-state index in [1.165, 1.54) is 225 Å². The molecule has 0 radical (unpaired) electrons. The summed E-state index contributed by atoms with van der Waals surface area (Å²) in [6.45, 7) is 9.40. The summed E-state index contributed by atoms with van der Waals surface area (Å²) in [4.78, 5) is 0. The van der Waals surface area contributed by atoms with E-state index in [1.807, 2.05) is 0 Å². The Morgan fingerprint density at radius 1 is 0.395 bits per heavy atom. The Morgan fingerprint density at radius 3 is 1.12 bits per heavy atom. The topological polar surface area (TPSA) is 8.81 Å². The standard InChI is InChI=1S/C41H81N2/c1-4-7-10-13-15-17-19-20-21-22-23-24-25-27-29-32-35-38-43-40-39-42(37-34-31-12-9-6-3)41(43)36-33-30-28-26-18-16-14-11-8-5-2/h39-40H,4-38H2,1-3H3/q+1. The summed E-state index contributed by atoms with van der Waals surface area (Å²) in [7, 11) is 0. The fraction of sp³-hybridized carbons (Fsp3) is 0.927. The minimum atomic E-state index is 1.23. The zero-order valence-corrected chi connectivity index (χ0v) is 30.3. The molecular formula is C41H81N2+. The molecule has 0 aromatic carbocycles. The first-order valence-electron chi connectivity index (χ1n) is 20.4. The van der Waals surface area contributed by atoms with Gasteiger partial charge in [-0.15, -0.1) is 0 Å². The summed E-state index contributed by atoms with van der Waals surface area (Å²) < 4.78 is 5.25. The fourth-order valence-corrected chi connectivity index (χ4v) is 6.86. The highest BCUT2D eigenvalue weighted by Crippen LogP contribution is 2.16. The van der Waals surface area contributed by atoms with Crippen LogP contribution in [0.2, 0.25) is 0 Å². The van der Waals surface area contributed by atoms with Crippen molar-refractivity contribution in [1.29, 1.82) is 0 Å². The monoisotopic (exact) mass is 602 g/mol. The van der Waals surface area contributed by atoms with Crippen LogP contribution in [0.25, 0.3) is 0 Å². The van der Waals surface area contributed by atoms with E-state index in [2.05, 4.69) is 42.3 Å². The summed E-state index contributed by atoms with van der Waals surface area (Å²) in [6, 6.07) is 0. The molecule has 1 heterocycles. The molecule has 0 saturated carbocycles. The van der Waals surface area contributed by atoms with E-state index in [4.69, 9.17) is 0 Å². The number of unbranched alkanes of at least 4 members (excludes halogenated alkanes) is 29. The number of rotatable bonds is 35. The molecule has 0 fully saturated rings. The molecule has 1 aromatic rings. The first-order chi connectivity index (χ1) is 21.3. The lowest BCUT2D eigenvalue weighted by atomic mass is 10.0. The number of imidazole rings is 1. The Kier molecular flexibility index (Phi) is 30.5. The Hall–Kier alpha value is -0.790. The molecule has 0 amide bonds. The molecular weight excluding hydrogens is 520 g/mol. The van der Waals surface area contributed by atoms with E-state index in [-0.39, 0.29) is 0 Å². The predicted molar refractivity (Wildman–Crippen MR) is 193 cm³/mol. The highest BCUT2D eigenvalue weighted by molar-refractivity contribution is 4.84. The number of aromatic nitrogens is 2. The molecule has 0 bridgehead atoms. The molecule has 2 nitrogen and oxygen atoms in total. The molecule has 0 N–H and O–H groups in total. The van der Waals surface area contributed by atoms with Crippen LogP contribution in [0, 0.1) is 0 Å². The molecule has 0 aliphatic rings. The van der Waals surface area contributed by atoms with Crippen molar-refractivity contribution < 1.29 is 4.57 Å². The highest BCUT2D eigenvalue weighted by atomic mass is 15.1. The molecule has 2 heteroatoms. The minimum Gasteiger partial charge on any atom is -0.234 e. The quantitative estimate of drug-likeness (QED) is 0.0540. The third-order valence-electron chi connectivity index (χ3n) is 9.85. The molecule has 1 rings (SSSR count). The van der Waals surface area contributed by atoms with E-state index in [0.29, 0.717) is 0 Å². The summed E-state index contributed by atoms with van der Waals surface area (Å²) in [6.07, 6.45) is 51.9. The van der Waals surface area contributed by atoms with Crippen molar-refractivity contribution >= 4 is 0 Å². The van der Waals surface area contributed by atoms with Gasteiger partial charge in [0.2, 0.25) is 0 Å². The molecule has 0 saturated heterocycles. The highest BCUT2D eigenvalue weighted by Gasteiger charge is 2.16. The summed E-state index contributed by atoms with van der Waals surface area (Å²) >= 11 is 0. The van der Waals surface area contributed by atoms with Crippen LogP contribution in [0.15, 0.2) is 12.4 Å². The Bertz CT molecular complexity index is 663. The smallest absolute Gasteiger partial charge is 0.234 e. The van der Waals surface area contributed by atoms with Crippen molar-refractivity contribution in [3.63, 3.8) is 0 Å². The third kappa shape index (κ3) is 25.1. The molecule has 0 unspecified atom stereocenters. The largest absolute Gasteiger partial charge is 0.256 e. The lowest BCUT2D eigenvalue weighted by molar-refractivity contribution is -0.704. The Morgan fingerprint density at radius 2 is 0.721 bits per heavy atom. The molecule has 43 heavy (non-hydrogen) atoms. The van der Waals surface area contributed by atoms with Crippen LogP contribution in [-0.2, 0) is 19.5 Å². The second kappa shape index (κ2) is 32.6. The van der Waals surface area contributed by atoms with E-state index >= 15 is 0 Å². The number of aryl methyl sites for hydroxylation is 2. The molecule has 0 aliphatic carbocycles. The van der Waals surface area contributed by atoms with Gasteiger partial charge in [-0.05, 0) is 32.1 Å².